The summed E-state index contributed by atoms with van der Waals surface area (Å²) in [6, 6.07) is 13.1. The SMILES string of the molecule is CCc1cc2c(=O)n(-c3cccc(Cl)c3)c(=O)n(CC(=O)c3ccc(OC)c(OC)c3)c2s1. The average Bonchev–Trinajstić information content (AvgIpc) is 3.26. The zero-order chi connectivity index (χ0) is 23.7. The van der Waals surface area contributed by atoms with Crippen molar-refractivity contribution in [3.05, 3.63) is 84.8 Å². The Morgan fingerprint density at radius 1 is 1.03 bits per heavy atom. The second-order valence-electron chi connectivity index (χ2n) is 7.27. The van der Waals surface area contributed by atoms with Crippen molar-refractivity contribution in [1.82, 2.24) is 9.13 Å². The third-order valence-corrected chi connectivity index (χ3v) is 6.82. The number of halogens is 1. The number of ether oxygens (including phenoxy) is 2. The maximum absolute atomic E-state index is 13.5. The summed E-state index contributed by atoms with van der Waals surface area (Å²) < 4.78 is 12.9. The van der Waals surface area contributed by atoms with Gasteiger partial charge in [0.2, 0.25) is 0 Å². The number of carbonyl (C=O) groups excluding carboxylic acids is 1. The molecule has 7 nitrogen and oxygen atoms in total. The summed E-state index contributed by atoms with van der Waals surface area (Å²) in [7, 11) is 3.00. The van der Waals surface area contributed by atoms with E-state index in [2.05, 4.69) is 0 Å². The van der Waals surface area contributed by atoms with E-state index in [1.165, 1.54) is 30.1 Å². The molecular formula is C24H21ClN2O5S. The molecule has 4 rings (SSSR count). The molecule has 0 atom stereocenters. The van der Waals surface area contributed by atoms with Crippen LogP contribution in [-0.2, 0) is 13.0 Å². The molecule has 170 valence electrons. The van der Waals surface area contributed by atoms with Gasteiger partial charge in [-0.1, -0.05) is 24.6 Å². The van der Waals surface area contributed by atoms with E-state index >= 15 is 0 Å². The van der Waals surface area contributed by atoms with Crippen LogP contribution in [0.15, 0.2) is 58.1 Å². The molecule has 0 unspecified atom stereocenters. The monoisotopic (exact) mass is 484 g/mol. The summed E-state index contributed by atoms with van der Waals surface area (Å²) in [5, 5.41) is 0.781. The molecule has 2 aromatic heterocycles. The van der Waals surface area contributed by atoms with Crippen molar-refractivity contribution in [1.29, 1.82) is 0 Å². The predicted molar refractivity (Wildman–Crippen MR) is 130 cm³/mol. The minimum atomic E-state index is -0.604. The Morgan fingerprint density at radius 2 is 1.79 bits per heavy atom. The molecule has 0 N–H and O–H groups in total. The highest BCUT2D eigenvalue weighted by Gasteiger charge is 2.20. The molecule has 0 bridgehead atoms. The summed E-state index contributed by atoms with van der Waals surface area (Å²) in [6.45, 7) is 1.73. The molecular weight excluding hydrogens is 464 g/mol. The molecule has 0 aliphatic rings. The first-order valence-electron chi connectivity index (χ1n) is 10.2. The van der Waals surface area contributed by atoms with Crippen LogP contribution in [-0.4, -0.2) is 29.1 Å². The molecule has 0 aliphatic carbocycles. The Labute approximate surface area is 198 Å². The lowest BCUT2D eigenvalue weighted by Crippen LogP contribution is -2.39. The number of aryl methyl sites for hydroxylation is 1. The van der Waals surface area contributed by atoms with Crippen LogP contribution in [0.3, 0.4) is 0 Å². The van der Waals surface area contributed by atoms with Crippen molar-refractivity contribution in [2.45, 2.75) is 19.9 Å². The fourth-order valence-electron chi connectivity index (χ4n) is 3.60. The van der Waals surface area contributed by atoms with Crippen LogP contribution < -0.4 is 20.7 Å². The Kier molecular flexibility index (Phi) is 6.40. The summed E-state index contributed by atoms with van der Waals surface area (Å²) in [5.41, 5.74) is -0.340. The zero-order valence-electron chi connectivity index (χ0n) is 18.3. The molecule has 33 heavy (non-hydrogen) atoms. The smallest absolute Gasteiger partial charge is 0.337 e. The number of methoxy groups -OCH3 is 2. The molecule has 0 aliphatic heterocycles. The summed E-state index contributed by atoms with van der Waals surface area (Å²) in [4.78, 5) is 41.3. The zero-order valence-corrected chi connectivity index (χ0v) is 19.8. The third-order valence-electron chi connectivity index (χ3n) is 5.29. The van der Waals surface area contributed by atoms with Crippen LogP contribution in [0.1, 0.15) is 22.2 Å². The molecule has 0 saturated heterocycles. The first-order chi connectivity index (χ1) is 15.9. The van der Waals surface area contributed by atoms with Crippen LogP contribution in [0.4, 0.5) is 0 Å². The van der Waals surface area contributed by atoms with Gasteiger partial charge in [0.1, 0.15) is 4.83 Å². The van der Waals surface area contributed by atoms with E-state index in [0.717, 1.165) is 9.44 Å². The minimum absolute atomic E-state index is 0.241. The number of ketones is 1. The van der Waals surface area contributed by atoms with Gasteiger partial charge in [0.25, 0.3) is 5.56 Å². The number of hydrogen-bond acceptors (Lipinski definition) is 6. The number of thiophene rings is 1. The molecule has 9 heteroatoms. The van der Waals surface area contributed by atoms with Gasteiger partial charge in [-0.25, -0.2) is 9.36 Å². The van der Waals surface area contributed by atoms with E-state index in [-0.39, 0.29) is 12.3 Å². The Bertz CT molecular complexity index is 1480. The molecule has 4 aromatic rings. The summed E-state index contributed by atoms with van der Waals surface area (Å²) in [6.07, 6.45) is 0.702. The van der Waals surface area contributed by atoms with Gasteiger partial charge < -0.3 is 9.47 Å². The second kappa shape index (κ2) is 9.25. The van der Waals surface area contributed by atoms with Gasteiger partial charge in [-0.2, -0.15) is 0 Å². The van der Waals surface area contributed by atoms with Gasteiger partial charge in [0.15, 0.2) is 17.3 Å². The van der Waals surface area contributed by atoms with Crippen LogP contribution in [0.25, 0.3) is 15.9 Å². The number of benzene rings is 2. The normalized spacial score (nSPS) is 11.0. The topological polar surface area (TPSA) is 79.5 Å². The number of hydrogen-bond donors (Lipinski definition) is 0. The van der Waals surface area contributed by atoms with E-state index in [1.807, 2.05) is 6.92 Å². The number of nitrogens with zero attached hydrogens (tertiary/aromatic N) is 2. The van der Waals surface area contributed by atoms with Gasteiger partial charge >= 0.3 is 5.69 Å². The van der Waals surface area contributed by atoms with Crippen molar-refractivity contribution < 1.29 is 14.3 Å². The van der Waals surface area contributed by atoms with Crippen LogP contribution >= 0.6 is 22.9 Å². The van der Waals surface area contributed by atoms with Crippen molar-refractivity contribution in [3.63, 3.8) is 0 Å². The number of fused-ring (bicyclic) bond motifs is 1. The van der Waals surface area contributed by atoms with Crippen molar-refractivity contribution >= 4 is 38.9 Å². The number of Topliss-reactive ketones (excluding diaryl/α,β-unsaturated/α-hetero) is 1. The summed E-state index contributed by atoms with van der Waals surface area (Å²) in [5.74, 6) is 0.602. The van der Waals surface area contributed by atoms with Crippen molar-refractivity contribution in [3.8, 4) is 17.2 Å². The molecule has 0 radical (unpaired) electrons. The standard InChI is InChI=1S/C24H21ClN2O5S/c1-4-17-12-18-22(29)27(16-7-5-6-15(25)11-16)24(30)26(23(18)33-17)13-19(28)14-8-9-20(31-2)21(10-14)32-3/h5-12H,4,13H2,1-3H3. The molecule has 0 spiro atoms. The largest absolute Gasteiger partial charge is 0.493 e. The van der Waals surface area contributed by atoms with Crippen LogP contribution in [0.5, 0.6) is 11.5 Å². The first kappa shape index (κ1) is 22.8. The van der Waals surface area contributed by atoms with E-state index in [0.29, 0.717) is 44.4 Å². The molecule has 0 amide bonds. The maximum Gasteiger partial charge on any atom is 0.337 e. The highest BCUT2D eigenvalue weighted by Crippen LogP contribution is 2.28. The average molecular weight is 485 g/mol. The van der Waals surface area contributed by atoms with Gasteiger partial charge in [0, 0.05) is 15.5 Å². The quantitative estimate of drug-likeness (QED) is 0.365. The maximum atomic E-state index is 13.5. The third kappa shape index (κ3) is 4.19. The fraction of sp³-hybridized carbons (Fsp3) is 0.208. The van der Waals surface area contributed by atoms with E-state index in [9.17, 15) is 14.4 Å². The molecule has 2 aromatic carbocycles. The Morgan fingerprint density at radius 3 is 2.45 bits per heavy atom. The second-order valence-corrected chi connectivity index (χ2v) is 8.82. The number of rotatable bonds is 7. The van der Waals surface area contributed by atoms with Gasteiger partial charge in [-0.15, -0.1) is 11.3 Å². The van der Waals surface area contributed by atoms with Crippen molar-refractivity contribution in [2.75, 3.05) is 14.2 Å². The highest BCUT2D eigenvalue weighted by molar-refractivity contribution is 7.18. The van der Waals surface area contributed by atoms with Gasteiger partial charge in [0.05, 0.1) is 31.8 Å². The van der Waals surface area contributed by atoms with Crippen LogP contribution in [0.2, 0.25) is 5.02 Å². The van der Waals surface area contributed by atoms with Gasteiger partial charge in [-0.05, 0) is 48.9 Å². The number of aromatic nitrogens is 2. The fourth-order valence-corrected chi connectivity index (χ4v) is 4.86. The van der Waals surface area contributed by atoms with Crippen LogP contribution in [0, 0.1) is 0 Å². The van der Waals surface area contributed by atoms with E-state index in [4.69, 9.17) is 21.1 Å². The number of carbonyl (C=O) groups is 1. The van der Waals surface area contributed by atoms with E-state index < -0.39 is 11.2 Å². The lowest BCUT2D eigenvalue weighted by molar-refractivity contribution is 0.0971. The van der Waals surface area contributed by atoms with E-state index in [1.54, 1.807) is 48.5 Å². The molecule has 2 heterocycles. The summed E-state index contributed by atoms with van der Waals surface area (Å²) >= 11 is 7.44. The lowest BCUT2D eigenvalue weighted by Gasteiger charge is -2.13. The highest BCUT2D eigenvalue weighted by atomic mass is 35.5. The molecule has 0 fully saturated rings. The Balaban J connectivity index is 1.90. The minimum Gasteiger partial charge on any atom is -0.493 e. The predicted octanol–water partition coefficient (Wildman–Crippen LogP) is 4.33. The molecule has 0 saturated carbocycles. The first-order valence-corrected chi connectivity index (χ1v) is 11.4. The Hall–Kier alpha value is -3.36. The van der Waals surface area contributed by atoms with Crippen molar-refractivity contribution in [2.24, 2.45) is 0 Å². The lowest BCUT2D eigenvalue weighted by atomic mass is 10.1. The van der Waals surface area contributed by atoms with Gasteiger partial charge in [-0.3, -0.25) is 14.2 Å².